The van der Waals surface area contributed by atoms with Crippen LogP contribution in [-0.2, 0) is 11.2 Å². The van der Waals surface area contributed by atoms with Crippen molar-refractivity contribution in [1.29, 1.82) is 0 Å². The van der Waals surface area contributed by atoms with E-state index in [1.54, 1.807) is 13.3 Å². The number of benzene rings is 2. The van der Waals surface area contributed by atoms with Crippen LogP contribution in [0.2, 0.25) is 0 Å². The number of rotatable bonds is 6. The third-order valence-electron chi connectivity index (χ3n) is 4.84. The largest absolute Gasteiger partial charge is 0.497 e. The molecule has 29 heavy (non-hydrogen) atoms. The van der Waals surface area contributed by atoms with Gasteiger partial charge in [-0.1, -0.05) is 24.3 Å². The summed E-state index contributed by atoms with van der Waals surface area (Å²) in [6, 6.07) is 15.6. The zero-order valence-corrected chi connectivity index (χ0v) is 16.4. The van der Waals surface area contributed by atoms with Crippen LogP contribution in [0.15, 0.2) is 67.1 Å². The number of fused-ring (bicyclic) bond motifs is 1. The molecule has 0 spiro atoms. The van der Waals surface area contributed by atoms with Gasteiger partial charge in [-0.05, 0) is 48.7 Å². The van der Waals surface area contributed by atoms with Crippen molar-refractivity contribution in [3.63, 3.8) is 0 Å². The average Bonchev–Trinajstić information content (AvgIpc) is 3.18. The first-order valence-corrected chi connectivity index (χ1v) is 9.46. The molecule has 2 aromatic carbocycles. The predicted molar refractivity (Wildman–Crippen MR) is 113 cm³/mol. The van der Waals surface area contributed by atoms with Gasteiger partial charge in [0, 0.05) is 36.3 Å². The molecule has 0 saturated heterocycles. The second-order valence-corrected chi connectivity index (χ2v) is 6.88. The van der Waals surface area contributed by atoms with Gasteiger partial charge in [0.1, 0.15) is 5.75 Å². The fourth-order valence-corrected chi connectivity index (χ4v) is 3.15. The molecule has 0 aliphatic heterocycles. The van der Waals surface area contributed by atoms with Crippen LogP contribution in [-0.4, -0.2) is 27.4 Å². The quantitative estimate of drug-likeness (QED) is 0.537. The maximum atomic E-state index is 12.5. The molecule has 0 fully saturated rings. The lowest BCUT2D eigenvalue weighted by Crippen LogP contribution is -2.13. The van der Waals surface area contributed by atoms with Gasteiger partial charge in [0.25, 0.3) is 0 Å². The first-order chi connectivity index (χ1) is 14.1. The number of nitrogens with one attached hydrogen (secondary N) is 1. The number of carbonyl (C=O) groups excluding carboxylic acids is 1. The highest BCUT2D eigenvalue weighted by molar-refractivity contribution is 5.92. The van der Waals surface area contributed by atoms with Crippen LogP contribution in [0.4, 0.5) is 5.69 Å². The van der Waals surface area contributed by atoms with E-state index in [1.807, 2.05) is 72.2 Å². The zero-order valence-electron chi connectivity index (χ0n) is 16.4. The van der Waals surface area contributed by atoms with E-state index in [0.717, 1.165) is 33.8 Å². The molecule has 2 aromatic heterocycles. The van der Waals surface area contributed by atoms with Gasteiger partial charge in [-0.15, -0.1) is 0 Å². The number of imidazole rings is 1. The van der Waals surface area contributed by atoms with Crippen molar-refractivity contribution in [2.45, 2.75) is 19.8 Å². The predicted octanol–water partition coefficient (Wildman–Crippen LogP) is 4.28. The lowest BCUT2D eigenvalue weighted by molar-refractivity contribution is -0.116. The molecular weight excluding hydrogens is 364 g/mol. The second-order valence-electron chi connectivity index (χ2n) is 6.88. The Bertz CT molecular complexity index is 1120. The number of hydrogen-bond donors (Lipinski definition) is 1. The summed E-state index contributed by atoms with van der Waals surface area (Å²) in [7, 11) is 1.64. The Hall–Kier alpha value is -3.67. The fourth-order valence-electron chi connectivity index (χ4n) is 3.15. The molecular formula is C23H22N4O2. The third-order valence-corrected chi connectivity index (χ3v) is 4.84. The van der Waals surface area contributed by atoms with E-state index in [9.17, 15) is 4.79 Å². The minimum absolute atomic E-state index is 0.0160. The van der Waals surface area contributed by atoms with Crippen LogP contribution in [0.25, 0.3) is 17.0 Å². The average molecular weight is 386 g/mol. The highest BCUT2D eigenvalue weighted by atomic mass is 16.5. The minimum Gasteiger partial charge on any atom is -0.497 e. The summed E-state index contributed by atoms with van der Waals surface area (Å²) in [5.74, 6) is 1.44. The van der Waals surface area contributed by atoms with Gasteiger partial charge >= 0.3 is 0 Å². The van der Waals surface area contributed by atoms with E-state index in [0.29, 0.717) is 18.6 Å². The number of amides is 1. The maximum absolute atomic E-state index is 12.5. The van der Waals surface area contributed by atoms with Gasteiger partial charge in [-0.3, -0.25) is 9.20 Å². The molecule has 1 amide bonds. The highest BCUT2D eigenvalue weighted by Gasteiger charge is 2.10. The molecule has 6 nitrogen and oxygen atoms in total. The lowest BCUT2D eigenvalue weighted by atomic mass is 10.1. The monoisotopic (exact) mass is 386 g/mol. The van der Waals surface area contributed by atoms with Crippen molar-refractivity contribution < 1.29 is 9.53 Å². The molecule has 2 heterocycles. The van der Waals surface area contributed by atoms with Crippen molar-refractivity contribution in [3.8, 4) is 17.0 Å². The van der Waals surface area contributed by atoms with Crippen molar-refractivity contribution in [2.24, 2.45) is 0 Å². The van der Waals surface area contributed by atoms with Crippen LogP contribution in [0, 0.1) is 6.92 Å². The van der Waals surface area contributed by atoms with Crippen molar-refractivity contribution in [1.82, 2.24) is 14.4 Å². The van der Waals surface area contributed by atoms with E-state index < -0.39 is 0 Å². The van der Waals surface area contributed by atoms with Gasteiger partial charge in [0.15, 0.2) is 0 Å². The van der Waals surface area contributed by atoms with Crippen molar-refractivity contribution in [3.05, 3.63) is 78.2 Å². The summed E-state index contributed by atoms with van der Waals surface area (Å²) in [5, 5.41) is 3.03. The van der Waals surface area contributed by atoms with Crippen LogP contribution in [0.3, 0.4) is 0 Å². The summed E-state index contributed by atoms with van der Waals surface area (Å²) in [6.07, 6.45) is 6.65. The van der Waals surface area contributed by atoms with E-state index in [4.69, 9.17) is 4.74 Å². The maximum Gasteiger partial charge on any atom is 0.234 e. The number of aryl methyl sites for hydroxylation is 2. The van der Waals surface area contributed by atoms with E-state index in [-0.39, 0.29) is 5.91 Å². The molecule has 0 aliphatic carbocycles. The van der Waals surface area contributed by atoms with Crippen LogP contribution in [0.1, 0.15) is 17.5 Å². The van der Waals surface area contributed by atoms with Gasteiger partial charge in [0.2, 0.25) is 11.7 Å². The Labute approximate surface area is 169 Å². The third kappa shape index (κ3) is 4.27. The molecule has 0 bridgehead atoms. The number of carbonyl (C=O) groups is 1. The van der Waals surface area contributed by atoms with E-state index in [2.05, 4.69) is 15.3 Å². The van der Waals surface area contributed by atoms with Crippen molar-refractivity contribution in [2.75, 3.05) is 12.4 Å². The van der Waals surface area contributed by atoms with Gasteiger partial charge in [-0.2, -0.15) is 0 Å². The lowest BCUT2D eigenvalue weighted by Gasteiger charge is -2.10. The van der Waals surface area contributed by atoms with Gasteiger partial charge in [0.05, 0.1) is 12.8 Å². The standard InChI is InChI=1S/C23H22N4O2/c1-16-4-8-18(21-15-27-13-3-12-24-23(27)26-21)14-20(16)25-22(28)11-7-17-5-9-19(29-2)10-6-17/h3-6,8-10,12-15H,7,11H2,1-2H3,(H,25,28). The van der Waals surface area contributed by atoms with Gasteiger partial charge < -0.3 is 10.1 Å². The molecule has 4 rings (SSSR count). The first kappa shape index (κ1) is 18.7. The first-order valence-electron chi connectivity index (χ1n) is 9.46. The summed E-state index contributed by atoms with van der Waals surface area (Å²) < 4.78 is 7.04. The molecule has 6 heteroatoms. The number of ether oxygens (including phenoxy) is 1. The number of methoxy groups -OCH3 is 1. The molecule has 0 atom stereocenters. The minimum atomic E-state index is -0.0160. The summed E-state index contributed by atoms with van der Waals surface area (Å²) in [5.41, 5.74) is 4.66. The second kappa shape index (κ2) is 8.14. The molecule has 0 saturated carbocycles. The molecule has 146 valence electrons. The molecule has 0 unspecified atom stereocenters. The Morgan fingerprint density at radius 1 is 1.17 bits per heavy atom. The normalized spacial score (nSPS) is 10.8. The molecule has 4 aromatic rings. The Morgan fingerprint density at radius 2 is 2.00 bits per heavy atom. The smallest absolute Gasteiger partial charge is 0.234 e. The number of nitrogens with zero attached hydrogens (tertiary/aromatic N) is 3. The van der Waals surface area contributed by atoms with E-state index in [1.165, 1.54) is 0 Å². The van der Waals surface area contributed by atoms with Crippen LogP contribution < -0.4 is 10.1 Å². The number of aromatic nitrogens is 3. The summed E-state index contributed by atoms with van der Waals surface area (Å²) in [6.45, 7) is 1.98. The number of anilines is 1. The van der Waals surface area contributed by atoms with Crippen LogP contribution >= 0.6 is 0 Å². The Morgan fingerprint density at radius 3 is 2.76 bits per heavy atom. The Balaban J connectivity index is 1.46. The summed E-state index contributed by atoms with van der Waals surface area (Å²) in [4.78, 5) is 21.3. The topological polar surface area (TPSA) is 68.5 Å². The zero-order chi connectivity index (χ0) is 20.2. The summed E-state index contributed by atoms with van der Waals surface area (Å²) >= 11 is 0. The SMILES string of the molecule is COc1ccc(CCC(=O)Nc2cc(-c3cn4cccnc4n3)ccc2C)cc1. The molecule has 1 N–H and O–H groups in total. The number of hydrogen-bond acceptors (Lipinski definition) is 4. The van der Waals surface area contributed by atoms with Crippen LogP contribution in [0.5, 0.6) is 5.75 Å². The molecule has 0 aliphatic rings. The Kier molecular flexibility index (Phi) is 5.24. The fraction of sp³-hybridized carbons (Fsp3) is 0.174. The highest BCUT2D eigenvalue weighted by Crippen LogP contribution is 2.25. The van der Waals surface area contributed by atoms with Crippen molar-refractivity contribution >= 4 is 17.4 Å². The van der Waals surface area contributed by atoms with Gasteiger partial charge in [-0.25, -0.2) is 9.97 Å². The van der Waals surface area contributed by atoms with E-state index >= 15 is 0 Å². The molecule has 0 radical (unpaired) electrons.